The van der Waals surface area contributed by atoms with Crippen LogP contribution in [0.15, 0.2) is 60.8 Å². The van der Waals surface area contributed by atoms with Crippen molar-refractivity contribution < 1.29 is 9.90 Å². The maximum absolute atomic E-state index is 12.0. The van der Waals surface area contributed by atoms with E-state index in [4.69, 9.17) is 0 Å². The highest BCUT2D eigenvalue weighted by atomic mass is 16.3. The van der Waals surface area contributed by atoms with Gasteiger partial charge in [0.05, 0.1) is 0 Å². The number of fused-ring (bicyclic) bond motifs is 1. The lowest BCUT2D eigenvalue weighted by molar-refractivity contribution is 0.104. The average molecular weight is 263 g/mol. The van der Waals surface area contributed by atoms with Crippen LogP contribution in [-0.4, -0.2) is 15.9 Å². The van der Waals surface area contributed by atoms with Crippen LogP contribution in [-0.2, 0) is 0 Å². The van der Waals surface area contributed by atoms with Crippen LogP contribution in [0.5, 0.6) is 5.75 Å². The Labute approximate surface area is 116 Å². The first-order chi connectivity index (χ1) is 9.74. The number of hydrogen-bond acceptors (Lipinski definition) is 2. The van der Waals surface area contributed by atoms with Gasteiger partial charge in [-0.05, 0) is 48.0 Å². The molecular weight excluding hydrogens is 250 g/mol. The molecule has 0 aliphatic carbocycles. The Kier molecular flexibility index (Phi) is 3.09. The number of phenols is 1. The molecule has 0 saturated carbocycles. The van der Waals surface area contributed by atoms with Crippen LogP contribution in [0.2, 0.25) is 0 Å². The van der Waals surface area contributed by atoms with Gasteiger partial charge in [-0.2, -0.15) is 0 Å². The van der Waals surface area contributed by atoms with E-state index >= 15 is 0 Å². The molecule has 3 heteroatoms. The number of aromatic nitrogens is 1. The molecule has 0 aliphatic heterocycles. The number of nitrogens with one attached hydrogen (secondary N) is 1. The summed E-state index contributed by atoms with van der Waals surface area (Å²) in [5, 5.41) is 10.3. The number of allylic oxidation sites excluding steroid dienone is 1. The number of aromatic amines is 1. The lowest BCUT2D eigenvalue weighted by Gasteiger charge is -1.96. The molecule has 0 fully saturated rings. The Morgan fingerprint density at radius 2 is 1.80 bits per heavy atom. The van der Waals surface area contributed by atoms with Crippen LogP contribution in [0.4, 0.5) is 0 Å². The second-order valence-electron chi connectivity index (χ2n) is 4.53. The molecular formula is C17H13NO2. The summed E-state index contributed by atoms with van der Waals surface area (Å²) in [5.41, 5.74) is 2.58. The van der Waals surface area contributed by atoms with Crippen LogP contribution in [0.1, 0.15) is 15.9 Å². The molecule has 1 aromatic heterocycles. The molecule has 0 aliphatic rings. The molecule has 2 N–H and O–H groups in total. The van der Waals surface area contributed by atoms with Gasteiger partial charge in [-0.15, -0.1) is 0 Å². The monoisotopic (exact) mass is 263 g/mol. The maximum Gasteiger partial charge on any atom is 0.185 e. The quantitative estimate of drug-likeness (QED) is 0.558. The highest BCUT2D eigenvalue weighted by Gasteiger charge is 2.03. The Bertz CT molecular complexity index is 782. The summed E-state index contributed by atoms with van der Waals surface area (Å²) in [6.45, 7) is 0. The van der Waals surface area contributed by atoms with Gasteiger partial charge in [-0.25, -0.2) is 0 Å². The van der Waals surface area contributed by atoms with Crippen LogP contribution in [0.25, 0.3) is 17.0 Å². The lowest BCUT2D eigenvalue weighted by atomic mass is 10.1. The van der Waals surface area contributed by atoms with Crippen molar-refractivity contribution in [1.29, 1.82) is 0 Å². The molecule has 3 nitrogen and oxygen atoms in total. The van der Waals surface area contributed by atoms with Crippen molar-refractivity contribution in [3.8, 4) is 5.75 Å². The molecule has 0 amide bonds. The summed E-state index contributed by atoms with van der Waals surface area (Å²) < 4.78 is 0. The fourth-order valence-corrected chi connectivity index (χ4v) is 2.12. The number of phenolic OH excluding ortho intramolecular Hbond substituents is 1. The molecule has 98 valence electrons. The highest BCUT2D eigenvalue weighted by molar-refractivity contribution is 6.07. The molecule has 0 bridgehead atoms. The van der Waals surface area contributed by atoms with E-state index in [1.807, 2.05) is 30.5 Å². The molecule has 0 saturated heterocycles. The summed E-state index contributed by atoms with van der Waals surface area (Å²) in [4.78, 5) is 15.2. The van der Waals surface area contributed by atoms with E-state index in [1.165, 1.54) is 12.1 Å². The molecule has 0 spiro atoms. The summed E-state index contributed by atoms with van der Waals surface area (Å²) in [5.74, 6) is 0.0671. The first-order valence-corrected chi connectivity index (χ1v) is 6.31. The van der Waals surface area contributed by atoms with Gasteiger partial charge in [0.1, 0.15) is 5.75 Å². The number of rotatable bonds is 3. The minimum atomic E-state index is -0.0877. The number of benzene rings is 2. The molecule has 0 radical (unpaired) electrons. The second kappa shape index (κ2) is 5.05. The number of ketones is 1. The Balaban J connectivity index is 1.87. The van der Waals surface area contributed by atoms with Crippen molar-refractivity contribution in [2.45, 2.75) is 0 Å². The zero-order chi connectivity index (χ0) is 13.9. The molecule has 3 rings (SSSR count). The molecule has 1 heterocycles. The van der Waals surface area contributed by atoms with Crippen molar-refractivity contribution in [2.24, 2.45) is 0 Å². The van der Waals surface area contributed by atoms with Gasteiger partial charge in [0.25, 0.3) is 0 Å². The van der Waals surface area contributed by atoms with Crippen LogP contribution in [0, 0.1) is 0 Å². The highest BCUT2D eigenvalue weighted by Crippen LogP contribution is 2.19. The zero-order valence-electron chi connectivity index (χ0n) is 10.7. The standard InChI is InChI=1S/C17H13NO2/c19-14-8-5-12(6-9-14)17(20)10-7-13-11-18-16-4-2-1-3-15(13)16/h1-11,18-19H/b10-7+. The third kappa shape index (κ3) is 2.34. The first kappa shape index (κ1) is 12.2. The minimum absolute atomic E-state index is 0.0877. The third-order valence-corrected chi connectivity index (χ3v) is 3.19. The maximum atomic E-state index is 12.0. The average Bonchev–Trinajstić information content (AvgIpc) is 2.89. The van der Waals surface area contributed by atoms with Crippen molar-refractivity contribution >= 4 is 22.8 Å². The van der Waals surface area contributed by atoms with Crippen molar-refractivity contribution in [3.05, 3.63) is 71.9 Å². The van der Waals surface area contributed by atoms with Gasteiger partial charge in [0.2, 0.25) is 0 Å². The van der Waals surface area contributed by atoms with E-state index in [0.717, 1.165) is 16.5 Å². The summed E-state index contributed by atoms with van der Waals surface area (Å²) >= 11 is 0. The Morgan fingerprint density at radius 1 is 1.05 bits per heavy atom. The number of hydrogen-bond donors (Lipinski definition) is 2. The summed E-state index contributed by atoms with van der Waals surface area (Å²) in [6.07, 6.45) is 5.22. The fourth-order valence-electron chi connectivity index (χ4n) is 2.12. The molecule has 20 heavy (non-hydrogen) atoms. The number of carbonyl (C=O) groups excluding carboxylic acids is 1. The smallest absolute Gasteiger partial charge is 0.185 e. The van der Waals surface area contributed by atoms with E-state index in [-0.39, 0.29) is 11.5 Å². The van der Waals surface area contributed by atoms with E-state index in [9.17, 15) is 9.90 Å². The van der Waals surface area contributed by atoms with Crippen molar-refractivity contribution in [2.75, 3.05) is 0 Å². The topological polar surface area (TPSA) is 53.1 Å². The number of para-hydroxylation sites is 1. The van der Waals surface area contributed by atoms with Gasteiger partial charge in [0.15, 0.2) is 5.78 Å². The lowest BCUT2D eigenvalue weighted by Crippen LogP contribution is -1.92. The molecule has 0 atom stereocenters. The SMILES string of the molecule is O=C(/C=C/c1c[nH]c2ccccc12)c1ccc(O)cc1. The predicted octanol–water partition coefficient (Wildman–Crippen LogP) is 3.77. The fraction of sp³-hybridized carbons (Fsp3) is 0. The Hall–Kier alpha value is -2.81. The minimum Gasteiger partial charge on any atom is -0.508 e. The normalized spacial score (nSPS) is 11.2. The molecule has 0 unspecified atom stereocenters. The van der Waals surface area contributed by atoms with Gasteiger partial charge < -0.3 is 10.1 Å². The first-order valence-electron chi connectivity index (χ1n) is 6.31. The van der Waals surface area contributed by atoms with E-state index in [2.05, 4.69) is 4.98 Å². The largest absolute Gasteiger partial charge is 0.508 e. The Morgan fingerprint density at radius 3 is 2.60 bits per heavy atom. The van der Waals surface area contributed by atoms with Gasteiger partial charge in [-0.1, -0.05) is 18.2 Å². The summed E-state index contributed by atoms with van der Waals surface area (Å²) in [6, 6.07) is 14.2. The second-order valence-corrected chi connectivity index (χ2v) is 4.53. The predicted molar refractivity (Wildman–Crippen MR) is 79.8 cm³/mol. The van der Waals surface area contributed by atoms with Gasteiger partial charge in [0, 0.05) is 22.7 Å². The van der Waals surface area contributed by atoms with Crippen molar-refractivity contribution in [3.63, 3.8) is 0 Å². The van der Waals surface area contributed by atoms with E-state index in [1.54, 1.807) is 24.3 Å². The van der Waals surface area contributed by atoms with Crippen LogP contribution >= 0.6 is 0 Å². The molecule has 2 aromatic carbocycles. The van der Waals surface area contributed by atoms with E-state index in [0.29, 0.717) is 5.56 Å². The van der Waals surface area contributed by atoms with Crippen LogP contribution < -0.4 is 0 Å². The van der Waals surface area contributed by atoms with Crippen LogP contribution in [0.3, 0.4) is 0 Å². The number of carbonyl (C=O) groups is 1. The van der Waals surface area contributed by atoms with Crippen molar-refractivity contribution in [1.82, 2.24) is 4.98 Å². The summed E-state index contributed by atoms with van der Waals surface area (Å²) in [7, 11) is 0. The van der Waals surface area contributed by atoms with Gasteiger partial charge >= 0.3 is 0 Å². The van der Waals surface area contributed by atoms with E-state index < -0.39 is 0 Å². The third-order valence-electron chi connectivity index (χ3n) is 3.19. The zero-order valence-corrected chi connectivity index (χ0v) is 10.7. The number of H-pyrrole nitrogens is 1. The van der Waals surface area contributed by atoms with Gasteiger partial charge in [-0.3, -0.25) is 4.79 Å². The number of aromatic hydroxyl groups is 1. The molecule has 3 aromatic rings.